The summed E-state index contributed by atoms with van der Waals surface area (Å²) in [5.74, 6) is -0.357. The molecule has 0 fully saturated rings. The van der Waals surface area contributed by atoms with Gasteiger partial charge in [-0.2, -0.15) is 0 Å². The molecule has 0 bridgehead atoms. The van der Waals surface area contributed by atoms with E-state index >= 15 is 0 Å². The van der Waals surface area contributed by atoms with Gasteiger partial charge in [-0.15, -0.1) is 5.10 Å². The smallest absolute Gasteiger partial charge is 0.341 e. The third kappa shape index (κ3) is 3.59. The van der Waals surface area contributed by atoms with Gasteiger partial charge >= 0.3 is 5.97 Å². The second-order valence-electron chi connectivity index (χ2n) is 6.00. The summed E-state index contributed by atoms with van der Waals surface area (Å²) in [6.45, 7) is 2.70. The van der Waals surface area contributed by atoms with Crippen LogP contribution in [0.1, 0.15) is 30.1 Å². The average molecular weight is 368 g/mol. The van der Waals surface area contributed by atoms with Crippen LogP contribution < -0.4 is 0 Å². The molecule has 1 aromatic heterocycles. The maximum atomic E-state index is 11.8. The van der Waals surface area contributed by atoms with Crippen LogP contribution in [0.2, 0.25) is 0 Å². The Hall–Kier alpha value is -3.42. The van der Waals surface area contributed by atoms with E-state index in [2.05, 4.69) is 22.4 Å². The number of nitrogens with zero attached hydrogens (tertiary/aromatic N) is 4. The number of methoxy groups -OCH3 is 1. The molecule has 3 rings (SSSR count). The number of phenolic OH excluding ortho intramolecular Hbond substituents is 2. The number of aromatic hydroxyl groups is 2. The predicted octanol–water partition coefficient (Wildman–Crippen LogP) is 3.01. The van der Waals surface area contributed by atoms with Gasteiger partial charge in [0.1, 0.15) is 17.1 Å². The molecule has 3 aromatic rings. The van der Waals surface area contributed by atoms with Crippen molar-refractivity contribution in [3.8, 4) is 34.0 Å². The van der Waals surface area contributed by atoms with Crippen molar-refractivity contribution in [1.29, 1.82) is 0 Å². The minimum Gasteiger partial charge on any atom is -0.507 e. The first kappa shape index (κ1) is 18.4. The lowest BCUT2D eigenvalue weighted by atomic mass is 9.99. The number of carbonyl (C=O) groups is 1. The van der Waals surface area contributed by atoms with E-state index in [1.54, 1.807) is 28.9 Å². The van der Waals surface area contributed by atoms with Gasteiger partial charge < -0.3 is 14.9 Å². The Balaban J connectivity index is 2.07. The molecule has 140 valence electrons. The van der Waals surface area contributed by atoms with E-state index in [0.717, 1.165) is 12.8 Å². The van der Waals surface area contributed by atoms with Crippen molar-refractivity contribution in [1.82, 2.24) is 20.2 Å². The van der Waals surface area contributed by atoms with Crippen LogP contribution >= 0.6 is 0 Å². The summed E-state index contributed by atoms with van der Waals surface area (Å²) in [4.78, 5) is 11.8. The SMILES string of the molecule is CCCCn1nnnc1-c1cc(-c2cccc(C(=O)OC)c2O)ccc1O. The number of hydrogen-bond donors (Lipinski definition) is 2. The number of rotatable bonds is 6. The lowest BCUT2D eigenvalue weighted by molar-refractivity contribution is 0.0597. The minimum atomic E-state index is -0.628. The van der Waals surface area contributed by atoms with E-state index in [0.29, 0.717) is 29.1 Å². The topological polar surface area (TPSA) is 110 Å². The highest BCUT2D eigenvalue weighted by Crippen LogP contribution is 2.37. The van der Waals surface area contributed by atoms with E-state index in [1.807, 2.05) is 0 Å². The first-order chi connectivity index (χ1) is 13.1. The molecule has 0 saturated carbocycles. The van der Waals surface area contributed by atoms with Gasteiger partial charge in [0.15, 0.2) is 5.82 Å². The Morgan fingerprint density at radius 1 is 1.19 bits per heavy atom. The number of ether oxygens (including phenoxy) is 1. The molecular weight excluding hydrogens is 348 g/mol. The number of esters is 1. The summed E-state index contributed by atoms with van der Waals surface area (Å²) in [5, 5.41) is 32.5. The lowest BCUT2D eigenvalue weighted by Crippen LogP contribution is -2.03. The maximum Gasteiger partial charge on any atom is 0.341 e. The van der Waals surface area contributed by atoms with Gasteiger partial charge in [0.25, 0.3) is 0 Å². The fourth-order valence-corrected chi connectivity index (χ4v) is 2.79. The number of hydrogen-bond acceptors (Lipinski definition) is 7. The highest BCUT2D eigenvalue weighted by Gasteiger charge is 2.18. The fourth-order valence-electron chi connectivity index (χ4n) is 2.79. The van der Waals surface area contributed by atoms with Crippen molar-refractivity contribution in [3.05, 3.63) is 42.0 Å². The Bertz CT molecular complexity index is 968. The maximum absolute atomic E-state index is 11.8. The number of carbonyl (C=O) groups excluding carboxylic acids is 1. The highest BCUT2D eigenvalue weighted by atomic mass is 16.5. The summed E-state index contributed by atoms with van der Waals surface area (Å²) in [5.41, 5.74) is 1.55. The first-order valence-electron chi connectivity index (χ1n) is 8.57. The predicted molar refractivity (Wildman–Crippen MR) is 98.3 cm³/mol. The molecule has 0 aliphatic carbocycles. The minimum absolute atomic E-state index is 0.0231. The van der Waals surface area contributed by atoms with Crippen molar-refractivity contribution in [2.75, 3.05) is 7.11 Å². The van der Waals surface area contributed by atoms with E-state index in [1.165, 1.54) is 19.2 Å². The van der Waals surface area contributed by atoms with Gasteiger partial charge in [0.05, 0.1) is 12.7 Å². The molecule has 0 aliphatic rings. The lowest BCUT2D eigenvalue weighted by Gasteiger charge is -2.11. The van der Waals surface area contributed by atoms with E-state index < -0.39 is 5.97 Å². The third-order valence-corrected chi connectivity index (χ3v) is 4.25. The number of aromatic nitrogens is 4. The van der Waals surface area contributed by atoms with Crippen molar-refractivity contribution >= 4 is 5.97 Å². The average Bonchev–Trinajstić information content (AvgIpc) is 3.15. The normalized spacial score (nSPS) is 10.7. The van der Waals surface area contributed by atoms with Crippen LogP contribution in [0.25, 0.3) is 22.5 Å². The molecule has 0 spiro atoms. The monoisotopic (exact) mass is 368 g/mol. The first-order valence-corrected chi connectivity index (χ1v) is 8.57. The van der Waals surface area contributed by atoms with Gasteiger partial charge in [-0.25, -0.2) is 9.48 Å². The summed E-state index contributed by atoms with van der Waals surface area (Å²) in [6, 6.07) is 9.65. The zero-order chi connectivity index (χ0) is 19.4. The number of para-hydroxylation sites is 1. The fraction of sp³-hybridized carbons (Fsp3) is 0.263. The van der Waals surface area contributed by atoms with Gasteiger partial charge in [-0.05, 0) is 40.6 Å². The van der Waals surface area contributed by atoms with Crippen LogP contribution in [0, 0.1) is 0 Å². The Morgan fingerprint density at radius 3 is 2.74 bits per heavy atom. The van der Waals surface area contributed by atoms with Gasteiger partial charge in [-0.1, -0.05) is 31.5 Å². The van der Waals surface area contributed by atoms with Crippen molar-refractivity contribution in [3.63, 3.8) is 0 Å². The standard InChI is InChI=1S/C19H20N4O4/c1-3-4-10-23-18(20-21-22-23)15-11-12(8-9-16(15)24)13-6-5-7-14(17(13)25)19(26)27-2/h5-9,11,24-25H,3-4,10H2,1-2H3. The molecule has 2 N–H and O–H groups in total. The molecule has 27 heavy (non-hydrogen) atoms. The summed E-state index contributed by atoms with van der Waals surface area (Å²) in [7, 11) is 1.25. The quantitative estimate of drug-likeness (QED) is 0.643. The molecular formula is C19H20N4O4. The molecule has 0 aliphatic heterocycles. The summed E-state index contributed by atoms with van der Waals surface area (Å²) in [6.07, 6.45) is 1.89. The van der Waals surface area contributed by atoms with Crippen LogP contribution in [0.5, 0.6) is 11.5 Å². The molecule has 0 amide bonds. The molecule has 8 nitrogen and oxygen atoms in total. The Morgan fingerprint density at radius 2 is 2.00 bits per heavy atom. The molecule has 0 radical (unpaired) electrons. The van der Waals surface area contributed by atoms with Crippen LogP contribution in [0.3, 0.4) is 0 Å². The van der Waals surface area contributed by atoms with Gasteiger partial charge in [-0.3, -0.25) is 0 Å². The van der Waals surface area contributed by atoms with Crippen LogP contribution in [0.4, 0.5) is 0 Å². The van der Waals surface area contributed by atoms with Crippen molar-refractivity contribution in [2.45, 2.75) is 26.3 Å². The molecule has 8 heteroatoms. The molecule has 0 saturated heterocycles. The van der Waals surface area contributed by atoms with Crippen molar-refractivity contribution < 1.29 is 19.7 Å². The van der Waals surface area contributed by atoms with Crippen LogP contribution in [-0.2, 0) is 11.3 Å². The Kier molecular flexibility index (Phi) is 5.35. The van der Waals surface area contributed by atoms with Gasteiger partial charge in [0.2, 0.25) is 0 Å². The summed E-state index contributed by atoms with van der Waals surface area (Å²) < 4.78 is 6.33. The highest BCUT2D eigenvalue weighted by molar-refractivity contribution is 5.95. The largest absolute Gasteiger partial charge is 0.507 e. The molecule has 1 heterocycles. The number of benzene rings is 2. The molecule has 0 unspecified atom stereocenters. The van der Waals surface area contributed by atoms with Crippen LogP contribution in [0.15, 0.2) is 36.4 Å². The van der Waals surface area contributed by atoms with E-state index in [4.69, 9.17) is 4.74 Å². The number of tetrazole rings is 1. The second-order valence-corrected chi connectivity index (χ2v) is 6.00. The molecule has 2 aromatic carbocycles. The van der Waals surface area contributed by atoms with E-state index in [-0.39, 0.29) is 17.1 Å². The number of aryl methyl sites for hydroxylation is 1. The van der Waals surface area contributed by atoms with Crippen molar-refractivity contribution in [2.24, 2.45) is 0 Å². The molecule has 0 atom stereocenters. The zero-order valence-electron chi connectivity index (χ0n) is 15.1. The third-order valence-electron chi connectivity index (χ3n) is 4.25. The van der Waals surface area contributed by atoms with Gasteiger partial charge in [0, 0.05) is 12.1 Å². The zero-order valence-corrected chi connectivity index (χ0v) is 15.1. The number of phenols is 2. The van der Waals surface area contributed by atoms with Crippen LogP contribution in [-0.4, -0.2) is 43.5 Å². The second kappa shape index (κ2) is 7.86. The summed E-state index contributed by atoms with van der Waals surface area (Å²) >= 11 is 0. The number of unbranched alkanes of at least 4 members (excludes halogenated alkanes) is 1. The van der Waals surface area contributed by atoms with E-state index in [9.17, 15) is 15.0 Å². The Labute approximate surface area is 156 Å².